The van der Waals surface area contributed by atoms with E-state index in [1.807, 2.05) is 0 Å². The third-order valence-corrected chi connectivity index (χ3v) is 2.38. The lowest BCUT2D eigenvalue weighted by Crippen LogP contribution is -1.97. The molecule has 0 saturated heterocycles. The van der Waals surface area contributed by atoms with Gasteiger partial charge >= 0.3 is 5.97 Å². The van der Waals surface area contributed by atoms with E-state index in [4.69, 9.17) is 21.1 Å². The predicted molar refractivity (Wildman–Crippen MR) is 56.1 cm³/mol. The Hall–Kier alpha value is -1.74. The van der Waals surface area contributed by atoms with Crippen molar-refractivity contribution in [3.05, 3.63) is 47.4 Å². The summed E-state index contributed by atoms with van der Waals surface area (Å²) in [5, 5.41) is 9.11. The van der Waals surface area contributed by atoms with E-state index in [0.29, 0.717) is 0 Å². The van der Waals surface area contributed by atoms with Gasteiger partial charge in [-0.05, 0) is 23.8 Å². The van der Waals surface area contributed by atoms with Crippen LogP contribution in [0.15, 0.2) is 41.2 Å². The molecule has 15 heavy (non-hydrogen) atoms. The molecule has 0 aliphatic carbocycles. The highest BCUT2D eigenvalue weighted by Gasteiger charge is 2.10. The number of carbonyl (C=O) groups is 1. The van der Waals surface area contributed by atoms with Crippen LogP contribution in [0.4, 0.5) is 0 Å². The lowest BCUT2D eigenvalue weighted by atomic mass is 10.1. The minimum Gasteiger partial charge on any atom is -0.478 e. The molecule has 76 valence electrons. The highest BCUT2D eigenvalue weighted by atomic mass is 35.5. The van der Waals surface area contributed by atoms with Gasteiger partial charge in [0.15, 0.2) is 0 Å². The molecular formula is C11H7ClO3. The van der Waals surface area contributed by atoms with Gasteiger partial charge in [-0.3, -0.25) is 0 Å². The lowest BCUT2D eigenvalue weighted by molar-refractivity contribution is 0.0697. The first-order valence-corrected chi connectivity index (χ1v) is 4.61. The molecule has 0 saturated carbocycles. The van der Waals surface area contributed by atoms with Crippen molar-refractivity contribution in [2.45, 2.75) is 0 Å². The Bertz CT molecular complexity index is 489. The maximum absolute atomic E-state index is 10.8. The highest BCUT2D eigenvalue weighted by molar-refractivity contribution is 6.33. The summed E-state index contributed by atoms with van der Waals surface area (Å²) in [5.41, 5.74) is 1.69. The summed E-state index contributed by atoms with van der Waals surface area (Å²) in [7, 11) is 0. The van der Waals surface area contributed by atoms with E-state index in [1.165, 1.54) is 12.3 Å². The van der Waals surface area contributed by atoms with Gasteiger partial charge in [0.05, 0.1) is 23.1 Å². The number of rotatable bonds is 2. The predicted octanol–water partition coefficient (Wildman–Crippen LogP) is 3.30. The van der Waals surface area contributed by atoms with Crippen LogP contribution in [0.2, 0.25) is 5.02 Å². The Morgan fingerprint density at radius 1 is 1.27 bits per heavy atom. The van der Waals surface area contributed by atoms with Crippen molar-refractivity contribution in [2.24, 2.45) is 0 Å². The molecule has 0 unspecified atom stereocenters. The fourth-order valence-electron chi connectivity index (χ4n) is 1.30. The van der Waals surface area contributed by atoms with Crippen molar-refractivity contribution in [3.63, 3.8) is 0 Å². The molecule has 0 spiro atoms. The Balaban J connectivity index is 2.52. The van der Waals surface area contributed by atoms with Crippen molar-refractivity contribution in [1.82, 2.24) is 0 Å². The number of halogens is 1. The molecular weight excluding hydrogens is 216 g/mol. The fourth-order valence-corrected chi connectivity index (χ4v) is 1.50. The van der Waals surface area contributed by atoms with E-state index in [2.05, 4.69) is 0 Å². The van der Waals surface area contributed by atoms with Crippen LogP contribution in [-0.2, 0) is 0 Å². The average molecular weight is 223 g/mol. The second-order valence-corrected chi connectivity index (χ2v) is 3.42. The number of hydrogen-bond donors (Lipinski definition) is 1. The molecule has 4 heteroatoms. The quantitative estimate of drug-likeness (QED) is 0.848. The van der Waals surface area contributed by atoms with Crippen LogP contribution < -0.4 is 0 Å². The van der Waals surface area contributed by atoms with Crippen molar-refractivity contribution in [1.29, 1.82) is 0 Å². The first-order chi connectivity index (χ1) is 7.18. The normalized spacial score (nSPS) is 10.2. The summed E-state index contributed by atoms with van der Waals surface area (Å²) >= 11 is 5.75. The van der Waals surface area contributed by atoms with E-state index >= 15 is 0 Å². The molecule has 0 amide bonds. The smallest absolute Gasteiger partial charge is 0.337 e. The Kier molecular flexibility index (Phi) is 2.47. The zero-order valence-electron chi connectivity index (χ0n) is 7.61. The molecule has 1 heterocycles. The minimum absolute atomic E-state index is 0.0929. The summed E-state index contributed by atoms with van der Waals surface area (Å²) in [6.45, 7) is 0. The number of carboxylic acids is 1. The van der Waals surface area contributed by atoms with Gasteiger partial charge in [0.25, 0.3) is 0 Å². The molecule has 2 rings (SSSR count). The van der Waals surface area contributed by atoms with E-state index in [9.17, 15) is 4.79 Å². The van der Waals surface area contributed by atoms with E-state index < -0.39 is 5.97 Å². The molecule has 0 atom stereocenters. The van der Waals surface area contributed by atoms with Crippen LogP contribution in [0, 0.1) is 0 Å². The second-order valence-electron chi connectivity index (χ2n) is 3.01. The summed E-state index contributed by atoms with van der Waals surface area (Å²) in [6.07, 6.45) is 3.08. The molecule has 1 aromatic carbocycles. The second kappa shape index (κ2) is 3.79. The largest absolute Gasteiger partial charge is 0.478 e. The number of aromatic carboxylic acids is 1. The first kappa shape index (κ1) is 9.80. The third-order valence-electron chi connectivity index (χ3n) is 2.05. The van der Waals surface area contributed by atoms with Gasteiger partial charge < -0.3 is 9.52 Å². The van der Waals surface area contributed by atoms with Gasteiger partial charge in [0.2, 0.25) is 0 Å². The molecule has 1 N–H and O–H groups in total. The maximum atomic E-state index is 10.8. The van der Waals surface area contributed by atoms with E-state index in [1.54, 1.807) is 24.5 Å². The zero-order chi connectivity index (χ0) is 10.8. The van der Waals surface area contributed by atoms with Crippen LogP contribution in [0.5, 0.6) is 0 Å². The van der Waals surface area contributed by atoms with Crippen LogP contribution in [0.3, 0.4) is 0 Å². The SMILES string of the molecule is O=C(O)c1cc(-c2ccoc2)ccc1Cl. The summed E-state index contributed by atoms with van der Waals surface area (Å²) in [6, 6.07) is 6.59. The van der Waals surface area contributed by atoms with Gasteiger partial charge in [-0.15, -0.1) is 0 Å². The van der Waals surface area contributed by atoms with Gasteiger partial charge in [-0.2, -0.15) is 0 Å². The highest BCUT2D eigenvalue weighted by Crippen LogP contribution is 2.25. The van der Waals surface area contributed by atoms with Gasteiger partial charge in [-0.1, -0.05) is 17.7 Å². The van der Waals surface area contributed by atoms with E-state index in [-0.39, 0.29) is 10.6 Å². The molecule has 0 aliphatic heterocycles. The minimum atomic E-state index is -1.04. The van der Waals surface area contributed by atoms with Crippen LogP contribution in [0.1, 0.15) is 10.4 Å². The molecule has 0 radical (unpaired) electrons. The van der Waals surface area contributed by atoms with Crippen molar-refractivity contribution in [3.8, 4) is 11.1 Å². The number of furan rings is 1. The molecule has 0 fully saturated rings. The lowest BCUT2D eigenvalue weighted by Gasteiger charge is -2.01. The molecule has 3 nitrogen and oxygen atoms in total. The monoisotopic (exact) mass is 222 g/mol. The molecule has 0 aliphatic rings. The van der Waals surface area contributed by atoms with Crippen molar-refractivity contribution in [2.75, 3.05) is 0 Å². The van der Waals surface area contributed by atoms with Crippen LogP contribution in [0.25, 0.3) is 11.1 Å². The third kappa shape index (κ3) is 1.87. The molecule has 0 bridgehead atoms. The standard InChI is InChI=1S/C11H7ClO3/c12-10-2-1-7(5-9(10)11(13)14)8-3-4-15-6-8/h1-6H,(H,13,14). The molecule has 1 aromatic heterocycles. The maximum Gasteiger partial charge on any atom is 0.337 e. The number of hydrogen-bond acceptors (Lipinski definition) is 2. The van der Waals surface area contributed by atoms with Crippen molar-refractivity contribution >= 4 is 17.6 Å². The van der Waals surface area contributed by atoms with Crippen LogP contribution >= 0.6 is 11.6 Å². The van der Waals surface area contributed by atoms with E-state index in [0.717, 1.165) is 11.1 Å². The van der Waals surface area contributed by atoms with Gasteiger partial charge in [0.1, 0.15) is 0 Å². The van der Waals surface area contributed by atoms with Crippen LogP contribution in [-0.4, -0.2) is 11.1 Å². The Labute approximate surface area is 90.9 Å². The zero-order valence-corrected chi connectivity index (χ0v) is 8.36. The Morgan fingerprint density at radius 2 is 2.07 bits per heavy atom. The fraction of sp³-hybridized carbons (Fsp3) is 0. The van der Waals surface area contributed by atoms with Gasteiger partial charge in [-0.25, -0.2) is 4.79 Å². The average Bonchev–Trinajstić information content (AvgIpc) is 2.71. The number of benzene rings is 1. The van der Waals surface area contributed by atoms with Crippen molar-refractivity contribution < 1.29 is 14.3 Å². The summed E-state index contributed by atoms with van der Waals surface area (Å²) in [5.74, 6) is -1.04. The number of carboxylic acid groups (broad SMARTS) is 1. The Morgan fingerprint density at radius 3 is 2.67 bits per heavy atom. The topological polar surface area (TPSA) is 50.4 Å². The van der Waals surface area contributed by atoms with Gasteiger partial charge in [0, 0.05) is 5.56 Å². The summed E-state index contributed by atoms with van der Waals surface area (Å²) < 4.78 is 4.92. The summed E-state index contributed by atoms with van der Waals surface area (Å²) in [4.78, 5) is 10.8. The first-order valence-electron chi connectivity index (χ1n) is 4.24. The molecule has 2 aromatic rings.